The van der Waals surface area contributed by atoms with E-state index < -0.39 is 28.0 Å². The number of carbonyl (C=O) groups is 2. The molecular weight excluding hydrogens is 484 g/mol. The van der Waals surface area contributed by atoms with Gasteiger partial charge in [-0.15, -0.1) is 11.3 Å². The number of nitrogens with zero attached hydrogens (tertiary/aromatic N) is 2. The maximum atomic E-state index is 13.5. The minimum atomic E-state index is -4.12. The lowest BCUT2D eigenvalue weighted by Gasteiger charge is -2.25. The highest BCUT2D eigenvalue weighted by atomic mass is 32.2. The topological polar surface area (TPSA) is 108 Å². The number of hydrogen-bond acceptors (Lipinski definition) is 6. The van der Waals surface area contributed by atoms with Crippen LogP contribution in [0.15, 0.2) is 83.2 Å². The Labute approximate surface area is 207 Å². The molecule has 0 fully saturated rings. The van der Waals surface area contributed by atoms with Crippen molar-refractivity contribution in [3.8, 4) is 0 Å². The average molecular weight is 509 g/mol. The lowest BCUT2D eigenvalue weighted by atomic mass is 10.0. The van der Waals surface area contributed by atoms with Gasteiger partial charge < -0.3 is 10.2 Å². The van der Waals surface area contributed by atoms with Gasteiger partial charge in [0.05, 0.1) is 20.6 Å². The molecule has 4 rings (SSSR count). The van der Waals surface area contributed by atoms with Gasteiger partial charge in [-0.25, -0.2) is 22.9 Å². The zero-order valence-electron chi connectivity index (χ0n) is 19.1. The molecule has 180 valence electrons. The van der Waals surface area contributed by atoms with Crippen molar-refractivity contribution in [1.29, 1.82) is 0 Å². The summed E-state index contributed by atoms with van der Waals surface area (Å²) in [6, 6.07) is 19.0. The van der Waals surface area contributed by atoms with Crippen molar-refractivity contribution in [2.75, 3.05) is 11.9 Å². The smallest absolute Gasteiger partial charge is 0.325 e. The molecule has 3 aromatic carbocycles. The summed E-state index contributed by atoms with van der Waals surface area (Å²) >= 11 is 1.50. The standard InChI is InChI=1S/C25H24N4O4S2/c1-17-8-6-7-11-23(17)35(32,33)28-25(31)27-21(14-18-9-4-3-5-10-18)24(30)29(2)19-12-13-22-20(15-19)26-16-34-22/h3-13,15-16,21H,14H2,1-2H3,(H2,27,28,31). The first-order valence-electron chi connectivity index (χ1n) is 10.8. The van der Waals surface area contributed by atoms with Crippen LogP contribution in [-0.4, -0.2) is 38.4 Å². The maximum Gasteiger partial charge on any atom is 0.329 e. The number of likely N-dealkylation sites (N-methyl/N-ethyl adjacent to an activating group) is 1. The largest absolute Gasteiger partial charge is 0.329 e. The second-order valence-electron chi connectivity index (χ2n) is 7.99. The van der Waals surface area contributed by atoms with E-state index >= 15 is 0 Å². The van der Waals surface area contributed by atoms with E-state index in [2.05, 4.69) is 10.3 Å². The molecule has 1 heterocycles. The summed E-state index contributed by atoms with van der Waals surface area (Å²) < 4.78 is 28.5. The number of benzene rings is 3. The van der Waals surface area contributed by atoms with Crippen LogP contribution in [0, 0.1) is 6.92 Å². The number of carbonyl (C=O) groups excluding carboxylic acids is 2. The number of aromatic nitrogens is 1. The number of anilines is 1. The van der Waals surface area contributed by atoms with Gasteiger partial charge in [-0.2, -0.15) is 0 Å². The number of hydrogen-bond donors (Lipinski definition) is 2. The van der Waals surface area contributed by atoms with Gasteiger partial charge in [-0.3, -0.25) is 4.79 Å². The summed E-state index contributed by atoms with van der Waals surface area (Å²) in [5.41, 5.74) is 4.43. The van der Waals surface area contributed by atoms with Gasteiger partial charge in [0.2, 0.25) is 5.91 Å². The average Bonchev–Trinajstić information content (AvgIpc) is 3.31. The van der Waals surface area contributed by atoms with Crippen molar-refractivity contribution in [2.45, 2.75) is 24.3 Å². The third-order valence-electron chi connectivity index (χ3n) is 5.53. The summed E-state index contributed by atoms with van der Waals surface area (Å²) in [5, 5.41) is 2.56. The normalized spacial score (nSPS) is 12.2. The highest BCUT2D eigenvalue weighted by Crippen LogP contribution is 2.24. The Morgan fingerprint density at radius 3 is 2.49 bits per heavy atom. The van der Waals surface area contributed by atoms with E-state index in [1.165, 1.54) is 22.3 Å². The van der Waals surface area contributed by atoms with Crippen molar-refractivity contribution < 1.29 is 18.0 Å². The Kier molecular flexibility index (Phi) is 7.13. The minimum Gasteiger partial charge on any atom is -0.325 e. The van der Waals surface area contributed by atoms with Crippen LogP contribution in [0.1, 0.15) is 11.1 Å². The lowest BCUT2D eigenvalue weighted by molar-refractivity contribution is -0.120. The molecule has 0 radical (unpaired) electrons. The molecule has 0 aliphatic rings. The summed E-state index contributed by atoms with van der Waals surface area (Å²) in [7, 11) is -2.51. The molecule has 4 aromatic rings. The van der Waals surface area contributed by atoms with Gasteiger partial charge in [-0.05, 0) is 42.3 Å². The quantitative estimate of drug-likeness (QED) is 0.394. The molecule has 0 aliphatic heterocycles. The number of sulfonamides is 1. The van der Waals surface area contributed by atoms with Gasteiger partial charge in [0.1, 0.15) is 6.04 Å². The van der Waals surface area contributed by atoms with Crippen LogP contribution >= 0.6 is 11.3 Å². The fourth-order valence-electron chi connectivity index (χ4n) is 3.69. The fraction of sp³-hybridized carbons (Fsp3) is 0.160. The number of amides is 3. The van der Waals surface area contributed by atoms with Crippen LogP contribution < -0.4 is 14.9 Å². The maximum absolute atomic E-state index is 13.5. The zero-order valence-corrected chi connectivity index (χ0v) is 20.8. The van der Waals surface area contributed by atoms with Crippen LogP contribution in [0.3, 0.4) is 0 Å². The van der Waals surface area contributed by atoms with Gasteiger partial charge in [0.15, 0.2) is 0 Å². The number of urea groups is 1. The molecule has 0 bridgehead atoms. The SMILES string of the molecule is Cc1ccccc1S(=O)(=O)NC(=O)NC(Cc1ccccc1)C(=O)N(C)c1ccc2scnc2c1. The highest BCUT2D eigenvalue weighted by Gasteiger charge is 2.28. The molecule has 2 N–H and O–H groups in total. The first-order valence-corrected chi connectivity index (χ1v) is 13.1. The molecule has 0 saturated heterocycles. The molecular formula is C25H24N4O4S2. The Hall–Kier alpha value is -3.76. The molecule has 1 aromatic heterocycles. The van der Waals surface area contributed by atoms with E-state index in [0.717, 1.165) is 15.8 Å². The molecule has 3 amide bonds. The van der Waals surface area contributed by atoms with E-state index in [1.807, 2.05) is 41.1 Å². The van der Waals surface area contributed by atoms with Crippen LogP contribution in [0.25, 0.3) is 10.2 Å². The predicted molar refractivity (Wildman–Crippen MR) is 137 cm³/mol. The molecule has 0 spiro atoms. The number of fused-ring (bicyclic) bond motifs is 1. The first kappa shape index (κ1) is 24.4. The molecule has 0 saturated carbocycles. The molecule has 1 atom stereocenters. The van der Waals surface area contributed by atoms with Gasteiger partial charge >= 0.3 is 6.03 Å². The number of rotatable bonds is 7. The Balaban J connectivity index is 1.56. The number of aryl methyl sites for hydroxylation is 1. The Bertz CT molecular complexity index is 1470. The van der Waals surface area contributed by atoms with Crippen LogP contribution in [0.2, 0.25) is 0 Å². The lowest BCUT2D eigenvalue weighted by Crippen LogP contribution is -2.52. The number of nitrogens with one attached hydrogen (secondary N) is 2. The highest BCUT2D eigenvalue weighted by molar-refractivity contribution is 7.90. The van der Waals surface area contributed by atoms with E-state index in [-0.39, 0.29) is 11.3 Å². The zero-order chi connectivity index (χ0) is 25.0. The molecule has 0 aliphatic carbocycles. The Morgan fingerprint density at radius 2 is 1.74 bits per heavy atom. The van der Waals surface area contributed by atoms with Crippen molar-refractivity contribution in [2.24, 2.45) is 0 Å². The number of thiazole rings is 1. The van der Waals surface area contributed by atoms with Crippen molar-refractivity contribution in [3.63, 3.8) is 0 Å². The Morgan fingerprint density at radius 1 is 1.03 bits per heavy atom. The molecule has 35 heavy (non-hydrogen) atoms. The molecule has 1 unspecified atom stereocenters. The second kappa shape index (κ2) is 10.2. The van der Waals surface area contributed by atoms with Crippen LogP contribution in [0.4, 0.5) is 10.5 Å². The summed E-state index contributed by atoms with van der Waals surface area (Å²) in [6.07, 6.45) is 0.181. The van der Waals surface area contributed by atoms with Gasteiger partial charge in [0.25, 0.3) is 10.0 Å². The third kappa shape index (κ3) is 5.67. The van der Waals surface area contributed by atoms with Gasteiger partial charge in [0, 0.05) is 19.2 Å². The predicted octanol–water partition coefficient (Wildman–Crippen LogP) is 3.87. The van der Waals surface area contributed by atoms with Crippen LogP contribution in [-0.2, 0) is 21.2 Å². The summed E-state index contributed by atoms with van der Waals surface area (Å²) in [4.78, 5) is 32.0. The second-order valence-corrected chi connectivity index (χ2v) is 10.5. The van der Waals surface area contributed by atoms with Crippen molar-refractivity contribution in [1.82, 2.24) is 15.0 Å². The fourth-order valence-corrected chi connectivity index (χ4v) is 5.51. The van der Waals surface area contributed by atoms with E-state index in [9.17, 15) is 18.0 Å². The van der Waals surface area contributed by atoms with Crippen LogP contribution in [0.5, 0.6) is 0 Å². The summed E-state index contributed by atoms with van der Waals surface area (Å²) in [5.74, 6) is -0.396. The molecule has 10 heteroatoms. The third-order valence-corrected chi connectivity index (χ3v) is 7.83. The van der Waals surface area contributed by atoms with Gasteiger partial charge in [-0.1, -0.05) is 48.5 Å². The van der Waals surface area contributed by atoms with E-state index in [1.54, 1.807) is 49.8 Å². The van der Waals surface area contributed by atoms with Crippen molar-refractivity contribution in [3.05, 3.63) is 89.4 Å². The van der Waals surface area contributed by atoms with E-state index in [4.69, 9.17) is 0 Å². The molecule has 8 nitrogen and oxygen atoms in total. The van der Waals surface area contributed by atoms with E-state index in [0.29, 0.717) is 11.3 Å². The minimum absolute atomic E-state index is 0.00484. The van der Waals surface area contributed by atoms with Crippen molar-refractivity contribution >= 4 is 49.2 Å². The summed E-state index contributed by atoms with van der Waals surface area (Å²) in [6.45, 7) is 1.64. The monoisotopic (exact) mass is 508 g/mol. The first-order chi connectivity index (χ1) is 16.7.